The van der Waals surface area contributed by atoms with Crippen LogP contribution in [0.2, 0.25) is 0 Å². The fourth-order valence-electron chi connectivity index (χ4n) is 3.38. The van der Waals surface area contributed by atoms with Crippen LogP contribution in [0.25, 0.3) is 21.8 Å². The number of thioether (sulfide) groups is 1. The summed E-state index contributed by atoms with van der Waals surface area (Å²) in [4.78, 5) is 14.3. The standard InChI is InChI=1S/C23H20NO2S/c1-3-27-17-14-12-16(13-15-17)26-23(25)22-18-8-4-6-10-20(18)24(2)21-11-7-5-9-19(21)22/h4-15H,3H2,1-2H3/q+1. The zero-order chi connectivity index (χ0) is 18.8. The molecule has 0 bridgehead atoms. The number of carbonyl (C=O) groups excluding carboxylic acids is 1. The van der Waals surface area contributed by atoms with E-state index >= 15 is 0 Å². The fraction of sp³-hybridized carbons (Fsp3) is 0.130. The highest BCUT2D eigenvalue weighted by Crippen LogP contribution is 2.27. The highest BCUT2D eigenvalue weighted by molar-refractivity contribution is 7.99. The van der Waals surface area contributed by atoms with E-state index in [4.69, 9.17) is 4.74 Å². The SMILES string of the molecule is CCSc1ccc(OC(=O)c2c3ccccc3[n+](C)c3ccccc23)cc1. The lowest BCUT2D eigenvalue weighted by Crippen LogP contribution is -2.31. The van der Waals surface area contributed by atoms with Crippen LogP contribution in [0.5, 0.6) is 5.75 Å². The molecule has 4 rings (SSSR count). The third-order valence-corrected chi connectivity index (χ3v) is 5.51. The second-order valence-electron chi connectivity index (χ2n) is 6.26. The molecule has 4 heteroatoms. The molecule has 3 aromatic carbocycles. The lowest BCUT2D eigenvalue weighted by molar-refractivity contribution is -0.617. The summed E-state index contributed by atoms with van der Waals surface area (Å²) in [6.07, 6.45) is 0. The van der Waals surface area contributed by atoms with Crippen molar-refractivity contribution in [2.24, 2.45) is 7.05 Å². The minimum Gasteiger partial charge on any atom is -0.423 e. The molecule has 0 atom stereocenters. The Kier molecular flexibility index (Phi) is 4.82. The molecule has 0 aliphatic heterocycles. The van der Waals surface area contributed by atoms with Gasteiger partial charge >= 0.3 is 5.97 Å². The first kappa shape index (κ1) is 17.6. The Balaban J connectivity index is 1.81. The Morgan fingerprint density at radius 1 is 0.889 bits per heavy atom. The summed E-state index contributed by atoms with van der Waals surface area (Å²) in [7, 11) is 2.02. The molecule has 0 amide bonds. The maximum absolute atomic E-state index is 13.1. The molecule has 27 heavy (non-hydrogen) atoms. The molecule has 3 nitrogen and oxygen atoms in total. The minimum absolute atomic E-state index is 0.334. The number of hydrogen-bond donors (Lipinski definition) is 0. The molecule has 0 N–H and O–H groups in total. The quantitative estimate of drug-likeness (QED) is 0.163. The monoisotopic (exact) mass is 374 g/mol. The molecule has 4 aromatic rings. The summed E-state index contributed by atoms with van der Waals surface area (Å²) < 4.78 is 7.84. The zero-order valence-corrected chi connectivity index (χ0v) is 16.1. The number of pyridine rings is 1. The van der Waals surface area contributed by atoms with Gasteiger partial charge in [0.2, 0.25) is 11.0 Å². The van der Waals surface area contributed by atoms with Crippen LogP contribution in [0.4, 0.5) is 0 Å². The maximum atomic E-state index is 13.1. The lowest BCUT2D eigenvalue weighted by atomic mass is 10.0. The summed E-state index contributed by atoms with van der Waals surface area (Å²) in [5.41, 5.74) is 2.60. The Labute approximate surface area is 162 Å². The van der Waals surface area contributed by atoms with Gasteiger partial charge in [-0.05, 0) is 42.2 Å². The predicted octanol–water partition coefficient (Wildman–Crippen LogP) is 5.15. The van der Waals surface area contributed by atoms with Crippen molar-refractivity contribution in [1.82, 2.24) is 0 Å². The van der Waals surface area contributed by atoms with Gasteiger partial charge < -0.3 is 4.74 Å². The van der Waals surface area contributed by atoms with Crippen molar-refractivity contribution < 1.29 is 14.1 Å². The topological polar surface area (TPSA) is 30.2 Å². The van der Waals surface area contributed by atoms with Gasteiger partial charge in [-0.15, -0.1) is 11.8 Å². The number of fused-ring (bicyclic) bond motifs is 2. The van der Waals surface area contributed by atoms with Gasteiger partial charge in [-0.25, -0.2) is 4.79 Å². The molecule has 0 unspecified atom stereocenters. The van der Waals surface area contributed by atoms with Gasteiger partial charge in [-0.2, -0.15) is 4.57 Å². The summed E-state index contributed by atoms with van der Waals surface area (Å²) in [5, 5.41) is 1.78. The summed E-state index contributed by atoms with van der Waals surface area (Å²) >= 11 is 1.76. The van der Waals surface area contributed by atoms with E-state index < -0.39 is 0 Å². The first-order chi connectivity index (χ1) is 13.2. The van der Waals surface area contributed by atoms with E-state index in [1.807, 2.05) is 79.8 Å². The van der Waals surface area contributed by atoms with Crippen molar-refractivity contribution in [1.29, 1.82) is 0 Å². The number of hydrogen-bond acceptors (Lipinski definition) is 3. The molecule has 134 valence electrons. The van der Waals surface area contributed by atoms with E-state index in [0.717, 1.165) is 27.6 Å². The first-order valence-corrected chi connectivity index (χ1v) is 9.92. The lowest BCUT2D eigenvalue weighted by Gasteiger charge is -2.10. The maximum Gasteiger partial charge on any atom is 0.345 e. The smallest absolute Gasteiger partial charge is 0.345 e. The number of rotatable bonds is 4. The van der Waals surface area contributed by atoms with Crippen LogP contribution in [0, 0.1) is 0 Å². The molecular formula is C23H20NO2S+. The highest BCUT2D eigenvalue weighted by Gasteiger charge is 2.23. The first-order valence-electron chi connectivity index (χ1n) is 8.93. The number of carbonyl (C=O) groups is 1. The van der Waals surface area contributed by atoms with Crippen molar-refractivity contribution in [3.05, 3.63) is 78.4 Å². The highest BCUT2D eigenvalue weighted by atomic mass is 32.2. The third-order valence-electron chi connectivity index (χ3n) is 4.62. The molecule has 0 aliphatic carbocycles. The average Bonchev–Trinajstić information content (AvgIpc) is 2.70. The number of nitrogens with zero attached hydrogens (tertiary/aromatic N) is 1. The largest absolute Gasteiger partial charge is 0.423 e. The van der Waals surface area contributed by atoms with Gasteiger partial charge in [0, 0.05) is 17.0 Å². The zero-order valence-electron chi connectivity index (χ0n) is 15.3. The van der Waals surface area contributed by atoms with Gasteiger partial charge in [0.05, 0.1) is 16.3 Å². The van der Waals surface area contributed by atoms with E-state index in [1.165, 1.54) is 4.90 Å². The van der Waals surface area contributed by atoms with Gasteiger partial charge in [-0.1, -0.05) is 31.2 Å². The molecule has 0 radical (unpaired) electrons. The van der Waals surface area contributed by atoms with Crippen molar-refractivity contribution in [2.75, 3.05) is 5.75 Å². The second-order valence-corrected chi connectivity index (χ2v) is 7.60. The number of aromatic nitrogens is 1. The molecule has 0 saturated carbocycles. The van der Waals surface area contributed by atoms with E-state index in [1.54, 1.807) is 11.8 Å². The normalized spacial score (nSPS) is 11.0. The van der Waals surface area contributed by atoms with E-state index in [0.29, 0.717) is 11.3 Å². The van der Waals surface area contributed by atoms with Crippen molar-refractivity contribution >= 4 is 39.5 Å². The third kappa shape index (κ3) is 3.28. The van der Waals surface area contributed by atoms with Crippen molar-refractivity contribution in [2.45, 2.75) is 11.8 Å². The number of ether oxygens (including phenoxy) is 1. The Morgan fingerprint density at radius 3 is 2.00 bits per heavy atom. The number of esters is 1. The van der Waals surface area contributed by atoms with Crippen molar-refractivity contribution in [3.8, 4) is 5.75 Å². The van der Waals surface area contributed by atoms with Crippen LogP contribution in [-0.4, -0.2) is 11.7 Å². The molecule has 0 aliphatic rings. The number of benzene rings is 3. The minimum atomic E-state index is -0.334. The van der Waals surface area contributed by atoms with E-state index in [-0.39, 0.29) is 5.97 Å². The Hall–Kier alpha value is -2.85. The average molecular weight is 374 g/mol. The van der Waals surface area contributed by atoms with Crippen LogP contribution in [0.15, 0.2) is 77.7 Å². The van der Waals surface area contributed by atoms with Crippen LogP contribution >= 0.6 is 11.8 Å². The van der Waals surface area contributed by atoms with E-state index in [2.05, 4.69) is 11.5 Å². The van der Waals surface area contributed by atoms with Gasteiger partial charge in [-0.3, -0.25) is 0 Å². The van der Waals surface area contributed by atoms with Gasteiger partial charge in [0.25, 0.3) is 0 Å². The fourth-order valence-corrected chi connectivity index (χ4v) is 4.04. The predicted molar refractivity (Wildman–Crippen MR) is 110 cm³/mol. The Bertz CT molecular complexity index is 1080. The second kappa shape index (κ2) is 7.41. The van der Waals surface area contributed by atoms with Crippen LogP contribution in [-0.2, 0) is 7.05 Å². The number of aryl methyl sites for hydroxylation is 1. The van der Waals surface area contributed by atoms with E-state index in [9.17, 15) is 4.79 Å². The van der Waals surface area contributed by atoms with Crippen LogP contribution < -0.4 is 9.30 Å². The summed E-state index contributed by atoms with van der Waals surface area (Å²) in [6.45, 7) is 2.12. The number of para-hydroxylation sites is 2. The van der Waals surface area contributed by atoms with Crippen LogP contribution in [0.3, 0.4) is 0 Å². The molecular weight excluding hydrogens is 354 g/mol. The molecule has 1 aromatic heterocycles. The molecule has 1 heterocycles. The molecule has 0 fully saturated rings. The Morgan fingerprint density at radius 2 is 1.44 bits per heavy atom. The van der Waals surface area contributed by atoms with Gasteiger partial charge in [0.1, 0.15) is 12.8 Å². The molecule has 0 saturated heterocycles. The molecule has 0 spiro atoms. The van der Waals surface area contributed by atoms with Crippen LogP contribution in [0.1, 0.15) is 17.3 Å². The van der Waals surface area contributed by atoms with Crippen molar-refractivity contribution in [3.63, 3.8) is 0 Å². The van der Waals surface area contributed by atoms with Gasteiger partial charge in [0.15, 0.2) is 0 Å². The summed E-state index contributed by atoms with van der Waals surface area (Å²) in [5.74, 6) is 1.23. The summed E-state index contributed by atoms with van der Waals surface area (Å²) in [6, 6.07) is 23.5.